The third-order valence-electron chi connectivity index (χ3n) is 3.15. The monoisotopic (exact) mass is 281 g/mol. The van der Waals surface area contributed by atoms with E-state index in [4.69, 9.17) is 14.3 Å². The van der Waals surface area contributed by atoms with Crippen molar-refractivity contribution in [2.24, 2.45) is 5.92 Å². The molecule has 1 fully saturated rings. The van der Waals surface area contributed by atoms with Crippen molar-refractivity contribution in [3.63, 3.8) is 0 Å². The van der Waals surface area contributed by atoms with Crippen LogP contribution >= 0.6 is 0 Å². The summed E-state index contributed by atoms with van der Waals surface area (Å²) in [6.07, 6.45) is 1.93. The van der Waals surface area contributed by atoms with Gasteiger partial charge < -0.3 is 19.2 Å². The molecule has 6 nitrogen and oxygen atoms in total. The molecule has 0 aliphatic carbocycles. The molecule has 110 valence electrons. The SMILES string of the molecule is CC(C)COC1CCN(C(=O)c2cc(C(=O)O)co2)C1. The van der Waals surface area contributed by atoms with Crippen molar-refractivity contribution in [3.8, 4) is 0 Å². The van der Waals surface area contributed by atoms with Crippen LogP contribution < -0.4 is 0 Å². The van der Waals surface area contributed by atoms with Crippen molar-refractivity contribution in [1.82, 2.24) is 4.90 Å². The standard InChI is InChI=1S/C14H19NO5/c1-9(2)7-19-11-3-4-15(6-11)13(16)12-5-10(8-20-12)14(17)18/h5,8-9,11H,3-4,6-7H2,1-2H3,(H,17,18). The van der Waals surface area contributed by atoms with E-state index in [-0.39, 0.29) is 23.3 Å². The highest BCUT2D eigenvalue weighted by Crippen LogP contribution is 2.18. The highest BCUT2D eigenvalue weighted by Gasteiger charge is 2.29. The summed E-state index contributed by atoms with van der Waals surface area (Å²) >= 11 is 0. The number of carbonyl (C=O) groups excluding carboxylic acids is 1. The van der Waals surface area contributed by atoms with E-state index in [2.05, 4.69) is 13.8 Å². The Morgan fingerprint density at radius 3 is 2.90 bits per heavy atom. The van der Waals surface area contributed by atoms with E-state index in [0.29, 0.717) is 25.6 Å². The molecule has 1 aromatic heterocycles. The third kappa shape index (κ3) is 3.39. The van der Waals surface area contributed by atoms with Crippen molar-refractivity contribution in [3.05, 3.63) is 23.7 Å². The smallest absolute Gasteiger partial charge is 0.338 e. The molecule has 2 heterocycles. The predicted octanol–water partition coefficient (Wildman–Crippen LogP) is 1.86. The Kier molecular flexibility index (Phi) is 4.44. The number of hydrogen-bond donors (Lipinski definition) is 1. The van der Waals surface area contributed by atoms with Crippen LogP contribution in [0.4, 0.5) is 0 Å². The topological polar surface area (TPSA) is 80.0 Å². The average molecular weight is 281 g/mol. The van der Waals surface area contributed by atoms with Gasteiger partial charge in [0, 0.05) is 25.8 Å². The Hall–Kier alpha value is -1.82. The zero-order valence-electron chi connectivity index (χ0n) is 11.7. The molecule has 1 saturated heterocycles. The normalized spacial score (nSPS) is 18.8. The second-order valence-corrected chi connectivity index (χ2v) is 5.39. The number of aromatic carboxylic acids is 1. The molecule has 0 saturated carbocycles. The molecule has 20 heavy (non-hydrogen) atoms. The highest BCUT2D eigenvalue weighted by atomic mass is 16.5. The summed E-state index contributed by atoms with van der Waals surface area (Å²) in [4.78, 5) is 24.5. The molecular weight excluding hydrogens is 262 g/mol. The first-order valence-electron chi connectivity index (χ1n) is 6.70. The third-order valence-corrected chi connectivity index (χ3v) is 3.15. The summed E-state index contributed by atoms with van der Waals surface area (Å²) in [7, 11) is 0. The van der Waals surface area contributed by atoms with Gasteiger partial charge in [-0.1, -0.05) is 13.8 Å². The molecule has 0 aromatic carbocycles. The largest absolute Gasteiger partial charge is 0.478 e. The minimum atomic E-state index is -1.10. The van der Waals surface area contributed by atoms with Gasteiger partial charge in [0.15, 0.2) is 5.76 Å². The Morgan fingerprint density at radius 2 is 2.30 bits per heavy atom. The fourth-order valence-corrected chi connectivity index (χ4v) is 2.09. The molecule has 0 bridgehead atoms. The second-order valence-electron chi connectivity index (χ2n) is 5.39. The van der Waals surface area contributed by atoms with Crippen molar-refractivity contribution < 1.29 is 23.8 Å². The first-order valence-corrected chi connectivity index (χ1v) is 6.70. The second kappa shape index (κ2) is 6.09. The van der Waals surface area contributed by atoms with E-state index in [1.807, 2.05) is 0 Å². The van der Waals surface area contributed by atoms with E-state index in [0.717, 1.165) is 12.7 Å². The summed E-state index contributed by atoms with van der Waals surface area (Å²) in [5, 5.41) is 8.80. The lowest BCUT2D eigenvalue weighted by molar-refractivity contribution is 0.0391. The van der Waals surface area contributed by atoms with E-state index in [9.17, 15) is 9.59 Å². The Balaban J connectivity index is 1.92. The van der Waals surface area contributed by atoms with Gasteiger partial charge in [-0.05, 0) is 12.3 Å². The number of ether oxygens (including phenoxy) is 1. The molecule has 2 rings (SSSR count). The molecular formula is C14H19NO5. The fourth-order valence-electron chi connectivity index (χ4n) is 2.09. The number of rotatable bonds is 5. The van der Waals surface area contributed by atoms with Crippen LogP contribution in [0.1, 0.15) is 41.2 Å². The van der Waals surface area contributed by atoms with Gasteiger partial charge in [0.1, 0.15) is 6.26 Å². The molecule has 1 aliphatic rings. The number of carbonyl (C=O) groups is 2. The summed E-state index contributed by atoms with van der Waals surface area (Å²) in [5.41, 5.74) is -0.0137. The maximum Gasteiger partial charge on any atom is 0.338 e. The first-order chi connectivity index (χ1) is 9.47. The summed E-state index contributed by atoms with van der Waals surface area (Å²) < 4.78 is 10.7. The Labute approximate surface area is 117 Å². The molecule has 6 heteroatoms. The molecule has 1 unspecified atom stereocenters. The van der Waals surface area contributed by atoms with Crippen molar-refractivity contribution in [1.29, 1.82) is 0 Å². The van der Waals surface area contributed by atoms with Crippen LogP contribution in [0.15, 0.2) is 16.7 Å². The maximum atomic E-state index is 12.2. The average Bonchev–Trinajstić information content (AvgIpc) is 3.05. The van der Waals surface area contributed by atoms with Gasteiger partial charge in [0.05, 0.1) is 11.7 Å². The van der Waals surface area contributed by atoms with Gasteiger partial charge in [-0.25, -0.2) is 4.79 Å². The zero-order valence-corrected chi connectivity index (χ0v) is 11.7. The zero-order chi connectivity index (χ0) is 14.7. The number of hydrogen-bond acceptors (Lipinski definition) is 4. The van der Waals surface area contributed by atoms with E-state index in [1.165, 1.54) is 6.07 Å². The number of amides is 1. The molecule has 1 aromatic rings. The van der Waals surface area contributed by atoms with Gasteiger partial charge in [0.2, 0.25) is 0 Å². The van der Waals surface area contributed by atoms with E-state index < -0.39 is 5.97 Å². The van der Waals surface area contributed by atoms with E-state index >= 15 is 0 Å². The lowest BCUT2D eigenvalue weighted by Crippen LogP contribution is -2.30. The molecule has 0 radical (unpaired) electrons. The first kappa shape index (κ1) is 14.6. The van der Waals surface area contributed by atoms with Gasteiger partial charge in [-0.15, -0.1) is 0 Å². The van der Waals surface area contributed by atoms with Gasteiger partial charge in [-0.2, -0.15) is 0 Å². The number of likely N-dealkylation sites (tertiary alicyclic amines) is 1. The minimum absolute atomic E-state index is 0.0137. The number of carboxylic acids is 1. The van der Waals surface area contributed by atoms with Crippen molar-refractivity contribution >= 4 is 11.9 Å². The predicted molar refractivity (Wildman–Crippen MR) is 70.8 cm³/mol. The van der Waals surface area contributed by atoms with Crippen LogP contribution in [0, 0.1) is 5.92 Å². The maximum absolute atomic E-state index is 12.2. The Bertz CT molecular complexity index is 494. The van der Waals surface area contributed by atoms with Crippen LogP contribution in [0.3, 0.4) is 0 Å². The fraction of sp³-hybridized carbons (Fsp3) is 0.571. The van der Waals surface area contributed by atoms with Gasteiger partial charge >= 0.3 is 5.97 Å². The summed E-state index contributed by atoms with van der Waals surface area (Å²) in [6.45, 7) is 5.96. The quantitative estimate of drug-likeness (QED) is 0.891. The molecule has 1 amide bonds. The van der Waals surface area contributed by atoms with Crippen LogP contribution in [0.5, 0.6) is 0 Å². The molecule has 1 atom stereocenters. The summed E-state index contributed by atoms with van der Waals surface area (Å²) in [5.74, 6) is -0.865. The van der Waals surface area contributed by atoms with Crippen molar-refractivity contribution in [2.75, 3.05) is 19.7 Å². The van der Waals surface area contributed by atoms with Crippen LogP contribution in [-0.2, 0) is 4.74 Å². The molecule has 1 N–H and O–H groups in total. The molecule has 0 spiro atoms. The van der Waals surface area contributed by atoms with Crippen molar-refractivity contribution in [2.45, 2.75) is 26.4 Å². The van der Waals surface area contributed by atoms with Gasteiger partial charge in [-0.3, -0.25) is 4.79 Å². The number of nitrogens with zero attached hydrogens (tertiary/aromatic N) is 1. The van der Waals surface area contributed by atoms with E-state index in [1.54, 1.807) is 4.90 Å². The van der Waals surface area contributed by atoms with Gasteiger partial charge in [0.25, 0.3) is 5.91 Å². The van der Waals surface area contributed by atoms with Crippen LogP contribution in [0.2, 0.25) is 0 Å². The summed E-state index contributed by atoms with van der Waals surface area (Å²) in [6, 6.07) is 1.26. The van der Waals surface area contributed by atoms with Crippen LogP contribution in [-0.4, -0.2) is 47.7 Å². The number of furan rings is 1. The number of carboxylic acid groups (broad SMARTS) is 1. The minimum Gasteiger partial charge on any atom is -0.478 e. The lowest BCUT2D eigenvalue weighted by atomic mass is 10.2. The lowest BCUT2D eigenvalue weighted by Gasteiger charge is -2.16. The highest BCUT2D eigenvalue weighted by molar-refractivity contribution is 5.95. The van der Waals surface area contributed by atoms with Crippen LogP contribution in [0.25, 0.3) is 0 Å². The Morgan fingerprint density at radius 1 is 1.55 bits per heavy atom. The molecule has 1 aliphatic heterocycles.